The minimum absolute atomic E-state index is 0.0122. The maximum absolute atomic E-state index is 12.3. The van der Waals surface area contributed by atoms with Gasteiger partial charge in [0, 0.05) is 17.3 Å². The monoisotopic (exact) mass is 286 g/mol. The van der Waals surface area contributed by atoms with Crippen molar-refractivity contribution in [2.45, 2.75) is 19.0 Å². The van der Waals surface area contributed by atoms with E-state index in [4.69, 9.17) is 11.6 Å². The highest BCUT2D eigenvalue weighted by Gasteiger charge is 2.23. The summed E-state index contributed by atoms with van der Waals surface area (Å²) in [6.07, 6.45) is 0.718. The molecule has 0 saturated carbocycles. The van der Waals surface area contributed by atoms with Gasteiger partial charge in [-0.25, -0.2) is 0 Å². The molecule has 1 unspecified atom stereocenters. The van der Waals surface area contributed by atoms with E-state index in [0.717, 1.165) is 18.7 Å². The Kier molecular flexibility index (Phi) is 3.72. The molecular formula is C16H15ClN2O. The van der Waals surface area contributed by atoms with Crippen molar-refractivity contribution in [3.05, 3.63) is 64.7 Å². The van der Waals surface area contributed by atoms with E-state index in [9.17, 15) is 4.79 Å². The van der Waals surface area contributed by atoms with Gasteiger partial charge in [-0.1, -0.05) is 35.9 Å². The topological polar surface area (TPSA) is 41.1 Å². The van der Waals surface area contributed by atoms with E-state index in [1.165, 1.54) is 11.1 Å². The summed E-state index contributed by atoms with van der Waals surface area (Å²) in [5.74, 6) is -0.0122. The molecule has 1 heterocycles. The van der Waals surface area contributed by atoms with E-state index < -0.39 is 0 Å². The van der Waals surface area contributed by atoms with Crippen LogP contribution in [-0.2, 0) is 17.8 Å². The number of amides is 1. The third-order valence-electron chi connectivity index (χ3n) is 3.51. The largest absolute Gasteiger partial charge is 0.325 e. The van der Waals surface area contributed by atoms with Gasteiger partial charge in [-0.05, 0) is 41.8 Å². The molecule has 3 nitrogen and oxygen atoms in total. The van der Waals surface area contributed by atoms with Crippen LogP contribution in [0, 0.1) is 0 Å². The minimum Gasteiger partial charge on any atom is -0.325 e. The Morgan fingerprint density at radius 1 is 1.10 bits per heavy atom. The zero-order valence-electron chi connectivity index (χ0n) is 10.9. The van der Waals surface area contributed by atoms with Gasteiger partial charge in [-0.15, -0.1) is 0 Å². The summed E-state index contributed by atoms with van der Waals surface area (Å²) in [7, 11) is 0. The third kappa shape index (κ3) is 2.84. The van der Waals surface area contributed by atoms with Crippen molar-refractivity contribution in [2.24, 2.45) is 0 Å². The van der Waals surface area contributed by atoms with E-state index in [0.29, 0.717) is 5.02 Å². The summed E-state index contributed by atoms with van der Waals surface area (Å²) in [6.45, 7) is 0.731. The number of halogens is 1. The second-order valence-electron chi connectivity index (χ2n) is 4.90. The molecule has 2 aromatic carbocycles. The smallest absolute Gasteiger partial charge is 0.241 e. The molecule has 0 fully saturated rings. The molecule has 0 radical (unpaired) electrons. The molecular weight excluding hydrogens is 272 g/mol. The number of fused-ring (bicyclic) bond motifs is 1. The molecule has 20 heavy (non-hydrogen) atoms. The van der Waals surface area contributed by atoms with Crippen LogP contribution in [0.2, 0.25) is 5.02 Å². The lowest BCUT2D eigenvalue weighted by molar-refractivity contribution is -0.118. The Bertz CT molecular complexity index is 625. The van der Waals surface area contributed by atoms with Crippen molar-refractivity contribution in [3.63, 3.8) is 0 Å². The fraction of sp³-hybridized carbons (Fsp3) is 0.188. The van der Waals surface area contributed by atoms with Crippen LogP contribution in [0.5, 0.6) is 0 Å². The van der Waals surface area contributed by atoms with Gasteiger partial charge in [0.15, 0.2) is 0 Å². The van der Waals surface area contributed by atoms with Crippen LogP contribution in [0.1, 0.15) is 11.1 Å². The minimum atomic E-state index is -0.194. The highest BCUT2D eigenvalue weighted by molar-refractivity contribution is 6.30. The van der Waals surface area contributed by atoms with Crippen molar-refractivity contribution in [2.75, 3.05) is 5.32 Å². The first-order chi connectivity index (χ1) is 9.72. The van der Waals surface area contributed by atoms with Crippen LogP contribution in [0.15, 0.2) is 48.5 Å². The normalized spacial score (nSPS) is 17.4. The fourth-order valence-electron chi connectivity index (χ4n) is 2.40. The average Bonchev–Trinajstić information content (AvgIpc) is 2.49. The Morgan fingerprint density at radius 3 is 2.55 bits per heavy atom. The summed E-state index contributed by atoms with van der Waals surface area (Å²) in [4.78, 5) is 12.3. The van der Waals surface area contributed by atoms with Crippen molar-refractivity contribution in [1.29, 1.82) is 0 Å². The van der Waals surface area contributed by atoms with Crippen LogP contribution in [-0.4, -0.2) is 11.9 Å². The first kappa shape index (κ1) is 13.2. The van der Waals surface area contributed by atoms with E-state index in [2.05, 4.69) is 22.8 Å². The number of hydrogen-bond acceptors (Lipinski definition) is 2. The maximum Gasteiger partial charge on any atom is 0.241 e. The van der Waals surface area contributed by atoms with Crippen molar-refractivity contribution >= 4 is 23.2 Å². The Balaban J connectivity index is 1.68. The van der Waals surface area contributed by atoms with Gasteiger partial charge in [0.2, 0.25) is 5.91 Å². The number of anilines is 1. The van der Waals surface area contributed by atoms with Gasteiger partial charge in [0.05, 0.1) is 6.04 Å². The maximum atomic E-state index is 12.3. The van der Waals surface area contributed by atoms with Crippen molar-refractivity contribution in [3.8, 4) is 0 Å². The molecule has 1 aliphatic rings. The Labute approximate surface area is 123 Å². The number of carbonyl (C=O) groups is 1. The fourth-order valence-corrected chi connectivity index (χ4v) is 2.53. The van der Waals surface area contributed by atoms with Gasteiger partial charge < -0.3 is 10.6 Å². The molecule has 102 valence electrons. The molecule has 0 bridgehead atoms. The van der Waals surface area contributed by atoms with Crippen molar-refractivity contribution in [1.82, 2.24) is 5.32 Å². The SMILES string of the molecule is O=C(Nc1ccc(Cl)cc1)C1Cc2ccccc2CN1. The van der Waals surface area contributed by atoms with Crippen LogP contribution in [0.25, 0.3) is 0 Å². The van der Waals surface area contributed by atoms with E-state index in [1.54, 1.807) is 24.3 Å². The average molecular weight is 287 g/mol. The van der Waals surface area contributed by atoms with E-state index >= 15 is 0 Å². The predicted octanol–water partition coefficient (Wildman–Crippen LogP) is 2.99. The first-order valence-electron chi connectivity index (χ1n) is 6.59. The molecule has 0 aromatic heterocycles. The zero-order chi connectivity index (χ0) is 13.9. The lowest BCUT2D eigenvalue weighted by Crippen LogP contribution is -2.44. The predicted molar refractivity (Wildman–Crippen MR) is 80.9 cm³/mol. The summed E-state index contributed by atoms with van der Waals surface area (Å²) in [5.41, 5.74) is 3.27. The van der Waals surface area contributed by atoms with Gasteiger partial charge in [0.25, 0.3) is 0 Å². The van der Waals surface area contributed by atoms with E-state index in [-0.39, 0.29) is 11.9 Å². The molecule has 0 saturated heterocycles. The molecule has 4 heteroatoms. The highest BCUT2D eigenvalue weighted by atomic mass is 35.5. The molecule has 1 amide bonds. The Morgan fingerprint density at radius 2 is 1.80 bits per heavy atom. The van der Waals surface area contributed by atoms with Gasteiger partial charge in [-0.2, -0.15) is 0 Å². The third-order valence-corrected chi connectivity index (χ3v) is 3.76. The number of carbonyl (C=O) groups excluding carboxylic acids is 1. The first-order valence-corrected chi connectivity index (χ1v) is 6.97. The highest BCUT2D eigenvalue weighted by Crippen LogP contribution is 2.18. The Hall–Kier alpha value is -1.84. The van der Waals surface area contributed by atoms with E-state index in [1.807, 2.05) is 12.1 Å². The molecule has 3 rings (SSSR count). The molecule has 0 spiro atoms. The van der Waals surface area contributed by atoms with Crippen LogP contribution in [0.4, 0.5) is 5.69 Å². The number of benzene rings is 2. The summed E-state index contributed by atoms with van der Waals surface area (Å²) < 4.78 is 0. The molecule has 1 atom stereocenters. The van der Waals surface area contributed by atoms with Gasteiger partial charge in [0.1, 0.15) is 0 Å². The summed E-state index contributed by atoms with van der Waals surface area (Å²) in [5, 5.41) is 6.84. The summed E-state index contributed by atoms with van der Waals surface area (Å²) in [6, 6.07) is 15.2. The lowest BCUT2D eigenvalue weighted by atomic mass is 9.95. The molecule has 2 N–H and O–H groups in total. The second kappa shape index (κ2) is 5.65. The molecule has 1 aliphatic heterocycles. The van der Waals surface area contributed by atoms with Gasteiger partial charge >= 0.3 is 0 Å². The lowest BCUT2D eigenvalue weighted by Gasteiger charge is -2.25. The molecule has 2 aromatic rings. The van der Waals surface area contributed by atoms with Crippen LogP contribution in [0.3, 0.4) is 0 Å². The zero-order valence-corrected chi connectivity index (χ0v) is 11.7. The van der Waals surface area contributed by atoms with Crippen molar-refractivity contribution < 1.29 is 4.79 Å². The van der Waals surface area contributed by atoms with Crippen LogP contribution >= 0.6 is 11.6 Å². The second-order valence-corrected chi connectivity index (χ2v) is 5.34. The number of rotatable bonds is 2. The van der Waals surface area contributed by atoms with Gasteiger partial charge in [-0.3, -0.25) is 4.79 Å². The van der Waals surface area contributed by atoms with Crippen LogP contribution < -0.4 is 10.6 Å². The number of hydrogen-bond donors (Lipinski definition) is 2. The number of nitrogens with one attached hydrogen (secondary N) is 2. The molecule has 0 aliphatic carbocycles. The quantitative estimate of drug-likeness (QED) is 0.891. The summed E-state index contributed by atoms with van der Waals surface area (Å²) >= 11 is 5.83. The standard InChI is InChI=1S/C16H15ClN2O/c17-13-5-7-14(8-6-13)19-16(20)15-9-11-3-1-2-4-12(11)10-18-15/h1-8,15,18H,9-10H2,(H,19,20).